The second-order valence-electron chi connectivity index (χ2n) is 6.71. The fourth-order valence-corrected chi connectivity index (χ4v) is 2.88. The lowest BCUT2D eigenvalue weighted by Crippen LogP contribution is -2.24. The van der Waals surface area contributed by atoms with Gasteiger partial charge in [0.15, 0.2) is 0 Å². The van der Waals surface area contributed by atoms with Gasteiger partial charge < -0.3 is 14.6 Å². The Balaban J connectivity index is 1.75. The van der Waals surface area contributed by atoms with Crippen LogP contribution in [-0.2, 0) is 22.7 Å². The van der Waals surface area contributed by atoms with Crippen molar-refractivity contribution in [3.63, 3.8) is 0 Å². The molecule has 2 rings (SSSR count). The van der Waals surface area contributed by atoms with Crippen LogP contribution >= 0.6 is 0 Å². The van der Waals surface area contributed by atoms with Crippen molar-refractivity contribution >= 4 is 0 Å². The molecule has 0 spiro atoms. The van der Waals surface area contributed by atoms with Crippen molar-refractivity contribution < 1.29 is 14.6 Å². The summed E-state index contributed by atoms with van der Waals surface area (Å²) in [5.41, 5.74) is 2.22. The van der Waals surface area contributed by atoms with Crippen LogP contribution in [0.2, 0.25) is 0 Å². The minimum absolute atomic E-state index is 0.0514. The first-order chi connectivity index (χ1) is 13.8. The first-order valence-corrected chi connectivity index (χ1v) is 9.74. The zero-order valence-electron chi connectivity index (χ0n) is 16.2. The standard InChI is InChI=1S/C24H29NO3/c25-16-8-7-14-23(15-9-17-27-18-21-10-3-1-4-11-21)24(26)20-28-19-22-12-5-2-6-13-22/h1-6,9-13,15,23-24,26H,7-8,14,17-20H2/b15-9+/t23-,24+/m0/s1. The zero-order chi connectivity index (χ0) is 19.9. The van der Waals surface area contributed by atoms with Crippen LogP contribution in [0.25, 0.3) is 0 Å². The van der Waals surface area contributed by atoms with Gasteiger partial charge in [-0.2, -0.15) is 5.26 Å². The minimum atomic E-state index is -0.604. The molecule has 0 aromatic heterocycles. The Morgan fingerprint density at radius 3 is 2.14 bits per heavy atom. The van der Waals surface area contributed by atoms with Crippen LogP contribution in [-0.4, -0.2) is 24.4 Å². The quantitative estimate of drug-likeness (QED) is 0.406. The van der Waals surface area contributed by atoms with Crippen LogP contribution in [0.3, 0.4) is 0 Å². The van der Waals surface area contributed by atoms with Crippen molar-refractivity contribution in [2.75, 3.05) is 13.2 Å². The van der Waals surface area contributed by atoms with Crippen LogP contribution < -0.4 is 0 Å². The van der Waals surface area contributed by atoms with Gasteiger partial charge in [0.25, 0.3) is 0 Å². The molecule has 148 valence electrons. The maximum Gasteiger partial charge on any atom is 0.0836 e. The summed E-state index contributed by atoms with van der Waals surface area (Å²) in [6, 6.07) is 22.1. The summed E-state index contributed by atoms with van der Waals surface area (Å²) in [5.74, 6) is -0.0514. The molecule has 28 heavy (non-hydrogen) atoms. The number of ether oxygens (including phenoxy) is 2. The highest BCUT2D eigenvalue weighted by molar-refractivity contribution is 5.14. The molecule has 0 aliphatic carbocycles. The molecule has 0 radical (unpaired) electrons. The highest BCUT2D eigenvalue weighted by Crippen LogP contribution is 2.16. The van der Waals surface area contributed by atoms with Crippen LogP contribution in [0, 0.1) is 17.2 Å². The maximum atomic E-state index is 10.5. The van der Waals surface area contributed by atoms with Crippen molar-refractivity contribution in [1.82, 2.24) is 0 Å². The summed E-state index contributed by atoms with van der Waals surface area (Å²) < 4.78 is 11.3. The summed E-state index contributed by atoms with van der Waals surface area (Å²) in [4.78, 5) is 0. The third-order valence-corrected chi connectivity index (χ3v) is 4.43. The van der Waals surface area contributed by atoms with Crippen LogP contribution in [0.15, 0.2) is 72.8 Å². The van der Waals surface area contributed by atoms with E-state index < -0.39 is 6.10 Å². The highest BCUT2D eigenvalue weighted by atomic mass is 16.5. The predicted octanol–water partition coefficient (Wildman–Crippen LogP) is 4.65. The van der Waals surface area contributed by atoms with Crippen molar-refractivity contribution in [3.8, 4) is 6.07 Å². The number of hydrogen-bond donors (Lipinski definition) is 1. The van der Waals surface area contributed by atoms with Gasteiger partial charge in [-0.05, 0) is 24.0 Å². The summed E-state index contributed by atoms with van der Waals surface area (Å²) in [6.07, 6.45) is 5.32. The third kappa shape index (κ3) is 8.96. The molecule has 0 bridgehead atoms. The lowest BCUT2D eigenvalue weighted by molar-refractivity contribution is 0.00621. The van der Waals surface area contributed by atoms with Gasteiger partial charge in [-0.1, -0.05) is 72.8 Å². The Kier molecular flexibility index (Phi) is 10.7. The summed E-state index contributed by atoms with van der Waals surface area (Å²) >= 11 is 0. The Morgan fingerprint density at radius 1 is 0.929 bits per heavy atom. The van der Waals surface area contributed by atoms with Crippen molar-refractivity contribution in [2.45, 2.75) is 38.6 Å². The third-order valence-electron chi connectivity index (χ3n) is 4.43. The number of aliphatic hydroxyl groups excluding tert-OH is 1. The number of nitriles is 1. The van der Waals surface area contributed by atoms with E-state index in [1.54, 1.807) is 0 Å². The molecule has 0 unspecified atom stereocenters. The van der Waals surface area contributed by atoms with E-state index in [1.165, 1.54) is 0 Å². The van der Waals surface area contributed by atoms with Gasteiger partial charge in [0, 0.05) is 12.3 Å². The van der Waals surface area contributed by atoms with Gasteiger partial charge in [-0.15, -0.1) is 0 Å². The Bertz CT molecular complexity index is 710. The van der Waals surface area contributed by atoms with E-state index in [9.17, 15) is 5.11 Å². The number of unbranched alkanes of at least 4 members (excludes halogenated alkanes) is 1. The molecule has 0 heterocycles. The van der Waals surface area contributed by atoms with E-state index in [-0.39, 0.29) is 12.5 Å². The van der Waals surface area contributed by atoms with Crippen molar-refractivity contribution in [1.29, 1.82) is 5.26 Å². The molecule has 2 aromatic rings. The van der Waals surface area contributed by atoms with E-state index in [4.69, 9.17) is 14.7 Å². The maximum absolute atomic E-state index is 10.5. The van der Waals surface area contributed by atoms with Crippen LogP contribution in [0.4, 0.5) is 0 Å². The van der Waals surface area contributed by atoms with E-state index in [1.807, 2.05) is 72.8 Å². The largest absolute Gasteiger partial charge is 0.390 e. The molecule has 2 aromatic carbocycles. The van der Waals surface area contributed by atoms with Crippen LogP contribution in [0.1, 0.15) is 30.4 Å². The Morgan fingerprint density at radius 2 is 1.54 bits per heavy atom. The van der Waals surface area contributed by atoms with Crippen LogP contribution in [0.5, 0.6) is 0 Å². The van der Waals surface area contributed by atoms with Gasteiger partial charge in [0.1, 0.15) is 0 Å². The predicted molar refractivity (Wildman–Crippen MR) is 110 cm³/mol. The molecule has 1 N–H and O–H groups in total. The monoisotopic (exact) mass is 379 g/mol. The van der Waals surface area contributed by atoms with E-state index in [0.29, 0.717) is 26.2 Å². The minimum Gasteiger partial charge on any atom is -0.390 e. The zero-order valence-corrected chi connectivity index (χ0v) is 16.2. The molecule has 0 aliphatic rings. The fraction of sp³-hybridized carbons (Fsp3) is 0.375. The molecular formula is C24H29NO3. The average molecular weight is 380 g/mol. The topological polar surface area (TPSA) is 62.5 Å². The molecule has 4 heteroatoms. The average Bonchev–Trinajstić information content (AvgIpc) is 2.74. The highest BCUT2D eigenvalue weighted by Gasteiger charge is 2.16. The van der Waals surface area contributed by atoms with Crippen molar-refractivity contribution in [2.24, 2.45) is 5.92 Å². The van der Waals surface area contributed by atoms with Gasteiger partial charge in [-0.3, -0.25) is 0 Å². The van der Waals surface area contributed by atoms with Gasteiger partial charge >= 0.3 is 0 Å². The van der Waals surface area contributed by atoms with Gasteiger partial charge in [-0.25, -0.2) is 0 Å². The molecule has 0 fully saturated rings. The second-order valence-corrected chi connectivity index (χ2v) is 6.71. The second kappa shape index (κ2) is 13.7. The molecule has 0 amide bonds. The van der Waals surface area contributed by atoms with Gasteiger partial charge in [0.05, 0.1) is 38.6 Å². The number of nitrogens with zero attached hydrogens (tertiary/aromatic N) is 1. The first kappa shape index (κ1) is 21.8. The molecule has 0 aliphatic heterocycles. The number of benzene rings is 2. The van der Waals surface area contributed by atoms with Crippen molar-refractivity contribution in [3.05, 3.63) is 83.9 Å². The SMILES string of the molecule is N#CCCC[C@@H](/C=C/COCc1ccccc1)[C@H](O)COCc1ccccc1. The molecule has 0 saturated carbocycles. The lowest BCUT2D eigenvalue weighted by atomic mass is 9.95. The number of aliphatic hydroxyl groups is 1. The summed E-state index contributed by atoms with van der Waals surface area (Å²) in [6.45, 7) is 1.79. The number of rotatable bonds is 13. The summed E-state index contributed by atoms with van der Waals surface area (Å²) in [5, 5.41) is 19.3. The summed E-state index contributed by atoms with van der Waals surface area (Å²) in [7, 11) is 0. The Hall–Kier alpha value is -2.45. The molecular weight excluding hydrogens is 350 g/mol. The molecule has 0 saturated heterocycles. The normalized spacial score (nSPS) is 13.3. The lowest BCUT2D eigenvalue weighted by Gasteiger charge is -2.20. The van der Waals surface area contributed by atoms with E-state index >= 15 is 0 Å². The smallest absolute Gasteiger partial charge is 0.0836 e. The molecule has 4 nitrogen and oxygen atoms in total. The molecule has 2 atom stereocenters. The van der Waals surface area contributed by atoms with Gasteiger partial charge in [0.2, 0.25) is 0 Å². The first-order valence-electron chi connectivity index (χ1n) is 9.74. The Labute approximate surface area is 168 Å². The van der Waals surface area contributed by atoms with E-state index in [0.717, 1.165) is 24.0 Å². The fourth-order valence-electron chi connectivity index (χ4n) is 2.88. The number of hydrogen-bond acceptors (Lipinski definition) is 4. The van der Waals surface area contributed by atoms with E-state index in [2.05, 4.69) is 6.07 Å².